The van der Waals surface area contributed by atoms with E-state index in [2.05, 4.69) is 10.4 Å². The lowest BCUT2D eigenvalue weighted by molar-refractivity contribution is 0.103. The highest BCUT2D eigenvalue weighted by Crippen LogP contribution is 1.99. The van der Waals surface area contributed by atoms with E-state index in [1.807, 2.05) is 12.3 Å². The number of aliphatic hydroxyl groups excluding tert-OH is 2. The fraction of sp³-hybridized carbons (Fsp3) is 0.667. The van der Waals surface area contributed by atoms with E-state index in [-0.39, 0.29) is 13.2 Å². The lowest BCUT2D eigenvalue weighted by atomic mass is 10.1. The van der Waals surface area contributed by atoms with Crippen molar-refractivity contribution in [3.63, 3.8) is 0 Å². The number of nitrogens with one attached hydrogen (secondary N) is 1. The largest absolute Gasteiger partial charge is 0.394 e. The van der Waals surface area contributed by atoms with Crippen molar-refractivity contribution in [1.29, 1.82) is 0 Å². The molecule has 0 aliphatic heterocycles. The Bertz CT molecular complexity index is 245. The van der Waals surface area contributed by atoms with E-state index in [1.165, 1.54) is 0 Å². The molecule has 0 spiro atoms. The Labute approximate surface area is 83.4 Å². The summed E-state index contributed by atoms with van der Waals surface area (Å²) in [5.74, 6) is 0. The van der Waals surface area contributed by atoms with Gasteiger partial charge in [-0.15, -0.1) is 0 Å². The summed E-state index contributed by atoms with van der Waals surface area (Å²) in [6, 6.07) is 1.86. The van der Waals surface area contributed by atoms with Crippen LogP contribution in [0.25, 0.3) is 0 Å². The second-order valence-corrected chi connectivity index (χ2v) is 3.57. The molecule has 0 amide bonds. The highest BCUT2D eigenvalue weighted by atomic mass is 16.3. The van der Waals surface area contributed by atoms with Crippen molar-refractivity contribution in [1.82, 2.24) is 15.1 Å². The van der Waals surface area contributed by atoms with Gasteiger partial charge in [-0.05, 0) is 13.0 Å². The Morgan fingerprint density at radius 1 is 1.43 bits per heavy atom. The number of hydrogen-bond donors (Lipinski definition) is 3. The molecule has 3 N–H and O–H groups in total. The molecule has 1 aromatic heterocycles. The van der Waals surface area contributed by atoms with E-state index < -0.39 is 5.54 Å². The number of nitrogens with zero attached hydrogens (tertiary/aromatic N) is 2. The second kappa shape index (κ2) is 5.09. The molecule has 0 bridgehead atoms. The minimum absolute atomic E-state index is 0.0807. The van der Waals surface area contributed by atoms with Crippen LogP contribution in [0.15, 0.2) is 18.5 Å². The van der Waals surface area contributed by atoms with Crippen molar-refractivity contribution < 1.29 is 10.2 Å². The fourth-order valence-corrected chi connectivity index (χ4v) is 1.07. The van der Waals surface area contributed by atoms with Crippen LogP contribution in [0.2, 0.25) is 0 Å². The van der Waals surface area contributed by atoms with E-state index in [9.17, 15) is 0 Å². The van der Waals surface area contributed by atoms with Crippen LogP contribution in [-0.2, 0) is 6.54 Å². The van der Waals surface area contributed by atoms with Gasteiger partial charge in [-0.1, -0.05) is 0 Å². The van der Waals surface area contributed by atoms with Gasteiger partial charge in [-0.2, -0.15) is 5.10 Å². The average molecular weight is 199 g/mol. The predicted octanol–water partition coefficient (Wildman–Crippen LogP) is -0.784. The zero-order chi connectivity index (χ0) is 10.4. The molecule has 14 heavy (non-hydrogen) atoms. The van der Waals surface area contributed by atoms with Crippen LogP contribution in [0.3, 0.4) is 0 Å². The first-order valence-corrected chi connectivity index (χ1v) is 4.64. The van der Waals surface area contributed by atoms with Crippen molar-refractivity contribution in [2.24, 2.45) is 0 Å². The van der Waals surface area contributed by atoms with Gasteiger partial charge in [0, 0.05) is 18.9 Å². The Hall–Kier alpha value is -0.910. The molecule has 0 atom stereocenters. The maximum atomic E-state index is 9.00. The lowest BCUT2D eigenvalue weighted by Crippen LogP contribution is -2.50. The number of aromatic nitrogens is 2. The molecule has 0 unspecified atom stereocenters. The number of rotatable bonds is 6. The first-order chi connectivity index (χ1) is 6.70. The Kier molecular flexibility index (Phi) is 4.06. The molecule has 0 saturated carbocycles. The van der Waals surface area contributed by atoms with E-state index in [1.54, 1.807) is 17.8 Å². The SMILES string of the molecule is CC(CO)(CO)NCCn1cccn1. The smallest absolute Gasteiger partial charge is 0.0633 e. The van der Waals surface area contributed by atoms with Crippen LogP contribution in [0.1, 0.15) is 6.92 Å². The summed E-state index contributed by atoms with van der Waals surface area (Å²) in [6.07, 6.45) is 3.59. The minimum atomic E-state index is -0.604. The molecule has 1 heterocycles. The summed E-state index contributed by atoms with van der Waals surface area (Å²) in [7, 11) is 0. The zero-order valence-corrected chi connectivity index (χ0v) is 8.35. The Morgan fingerprint density at radius 3 is 2.64 bits per heavy atom. The molecule has 0 saturated heterocycles. The first kappa shape index (κ1) is 11.2. The average Bonchev–Trinajstić information content (AvgIpc) is 2.70. The van der Waals surface area contributed by atoms with Gasteiger partial charge in [0.1, 0.15) is 0 Å². The third kappa shape index (κ3) is 3.10. The van der Waals surface area contributed by atoms with Gasteiger partial charge >= 0.3 is 0 Å². The van der Waals surface area contributed by atoms with E-state index in [0.29, 0.717) is 6.54 Å². The topological polar surface area (TPSA) is 70.3 Å². The van der Waals surface area contributed by atoms with Crippen LogP contribution in [0.5, 0.6) is 0 Å². The van der Waals surface area contributed by atoms with Crippen LogP contribution in [0.4, 0.5) is 0 Å². The summed E-state index contributed by atoms with van der Waals surface area (Å²) in [5.41, 5.74) is -0.604. The molecule has 0 aliphatic carbocycles. The third-order valence-corrected chi connectivity index (χ3v) is 2.15. The molecule has 0 aromatic carbocycles. The van der Waals surface area contributed by atoms with Crippen molar-refractivity contribution in [3.05, 3.63) is 18.5 Å². The lowest BCUT2D eigenvalue weighted by Gasteiger charge is -2.26. The molecule has 1 rings (SSSR count). The van der Waals surface area contributed by atoms with Crippen LogP contribution in [0, 0.1) is 0 Å². The summed E-state index contributed by atoms with van der Waals surface area (Å²) in [4.78, 5) is 0. The third-order valence-electron chi connectivity index (χ3n) is 2.15. The molecule has 0 radical (unpaired) electrons. The van der Waals surface area contributed by atoms with E-state index in [4.69, 9.17) is 10.2 Å². The molecular formula is C9H17N3O2. The molecule has 5 heteroatoms. The van der Waals surface area contributed by atoms with E-state index >= 15 is 0 Å². The van der Waals surface area contributed by atoms with Gasteiger partial charge in [0.15, 0.2) is 0 Å². The Morgan fingerprint density at radius 2 is 2.14 bits per heavy atom. The van der Waals surface area contributed by atoms with Crippen molar-refractivity contribution in [2.45, 2.75) is 19.0 Å². The predicted molar refractivity (Wildman–Crippen MR) is 52.8 cm³/mol. The molecule has 80 valence electrons. The van der Waals surface area contributed by atoms with Crippen LogP contribution < -0.4 is 5.32 Å². The summed E-state index contributed by atoms with van der Waals surface area (Å²) in [6.45, 7) is 3.00. The summed E-state index contributed by atoms with van der Waals surface area (Å²) < 4.78 is 1.79. The van der Waals surface area contributed by atoms with Gasteiger partial charge < -0.3 is 15.5 Å². The molecule has 0 fully saturated rings. The van der Waals surface area contributed by atoms with Gasteiger partial charge in [0.25, 0.3) is 0 Å². The quantitative estimate of drug-likeness (QED) is 0.562. The van der Waals surface area contributed by atoms with Crippen molar-refractivity contribution in [3.8, 4) is 0 Å². The fourth-order valence-electron chi connectivity index (χ4n) is 1.07. The summed E-state index contributed by atoms with van der Waals surface area (Å²) in [5, 5.41) is 25.1. The van der Waals surface area contributed by atoms with Gasteiger partial charge in [0.05, 0.1) is 25.3 Å². The monoisotopic (exact) mass is 199 g/mol. The Balaban J connectivity index is 2.27. The minimum Gasteiger partial charge on any atom is -0.394 e. The van der Waals surface area contributed by atoms with Crippen molar-refractivity contribution >= 4 is 0 Å². The van der Waals surface area contributed by atoms with Gasteiger partial charge in [-0.3, -0.25) is 4.68 Å². The molecular weight excluding hydrogens is 182 g/mol. The maximum absolute atomic E-state index is 9.00. The van der Waals surface area contributed by atoms with Crippen molar-refractivity contribution in [2.75, 3.05) is 19.8 Å². The first-order valence-electron chi connectivity index (χ1n) is 4.64. The highest BCUT2D eigenvalue weighted by molar-refractivity contribution is 4.82. The molecule has 0 aliphatic rings. The van der Waals surface area contributed by atoms with Gasteiger partial charge in [0.2, 0.25) is 0 Å². The zero-order valence-electron chi connectivity index (χ0n) is 8.35. The van der Waals surface area contributed by atoms with E-state index in [0.717, 1.165) is 6.54 Å². The number of hydrogen-bond acceptors (Lipinski definition) is 4. The number of aliphatic hydroxyl groups is 2. The molecule has 1 aromatic rings. The normalized spacial score (nSPS) is 11.9. The second-order valence-electron chi connectivity index (χ2n) is 3.57. The van der Waals surface area contributed by atoms with Crippen LogP contribution in [-0.4, -0.2) is 45.3 Å². The standard InChI is InChI=1S/C9H17N3O2/c1-9(7-13,8-14)10-4-6-12-5-2-3-11-12/h2-3,5,10,13-14H,4,6-8H2,1H3. The van der Waals surface area contributed by atoms with Crippen LogP contribution >= 0.6 is 0 Å². The molecule has 5 nitrogen and oxygen atoms in total. The maximum Gasteiger partial charge on any atom is 0.0633 e. The summed E-state index contributed by atoms with van der Waals surface area (Å²) >= 11 is 0. The highest BCUT2D eigenvalue weighted by Gasteiger charge is 2.20. The van der Waals surface area contributed by atoms with Gasteiger partial charge in [-0.25, -0.2) is 0 Å².